The van der Waals surface area contributed by atoms with Gasteiger partial charge in [-0.1, -0.05) is 53.7 Å². The van der Waals surface area contributed by atoms with E-state index >= 15 is 0 Å². The Balaban J connectivity index is 2.08. The largest absolute Gasteiger partial charge is 0.453 e. The summed E-state index contributed by atoms with van der Waals surface area (Å²) in [6.07, 6.45) is 2.21. The summed E-state index contributed by atoms with van der Waals surface area (Å²) in [7, 11) is 0. The summed E-state index contributed by atoms with van der Waals surface area (Å²) in [4.78, 5) is 2.36. The molecule has 3 rings (SSSR count). The molecule has 0 atom stereocenters. The molecule has 0 spiro atoms. The monoisotopic (exact) mass is 351 g/mol. The molecule has 0 saturated carbocycles. The Labute approximate surface area is 159 Å². The second-order valence-electron chi connectivity index (χ2n) is 8.69. The fraction of sp³-hybridized carbons (Fsp3) is 0.500. The van der Waals surface area contributed by atoms with Gasteiger partial charge in [0.1, 0.15) is 0 Å². The molecular formula is C24H33NO. The predicted molar refractivity (Wildman–Crippen MR) is 112 cm³/mol. The van der Waals surface area contributed by atoms with Crippen molar-refractivity contribution in [3.05, 3.63) is 47.5 Å². The number of nitrogens with zero attached hydrogens (tertiary/aromatic N) is 1. The van der Waals surface area contributed by atoms with E-state index in [0.29, 0.717) is 0 Å². The van der Waals surface area contributed by atoms with Gasteiger partial charge in [-0.25, -0.2) is 0 Å². The molecular weight excluding hydrogens is 318 g/mol. The molecule has 0 N–H and O–H groups in total. The summed E-state index contributed by atoms with van der Waals surface area (Å²) in [5.41, 5.74) is 5.31. The van der Waals surface area contributed by atoms with E-state index in [9.17, 15) is 0 Å². The Kier molecular flexibility index (Phi) is 4.81. The van der Waals surface area contributed by atoms with Crippen LogP contribution in [0.2, 0.25) is 0 Å². The topological polar surface area (TPSA) is 12.5 Å². The molecule has 0 aromatic heterocycles. The van der Waals surface area contributed by atoms with E-state index < -0.39 is 0 Å². The van der Waals surface area contributed by atoms with Crippen LogP contribution in [0.3, 0.4) is 0 Å². The molecule has 0 amide bonds. The third-order valence-electron chi connectivity index (χ3n) is 6.37. The van der Waals surface area contributed by atoms with Crippen LogP contribution in [0.5, 0.6) is 11.5 Å². The second-order valence-corrected chi connectivity index (χ2v) is 8.69. The Morgan fingerprint density at radius 3 is 1.50 bits per heavy atom. The van der Waals surface area contributed by atoms with Crippen molar-refractivity contribution in [3.63, 3.8) is 0 Å². The molecule has 1 aliphatic rings. The van der Waals surface area contributed by atoms with Crippen molar-refractivity contribution >= 4 is 11.4 Å². The van der Waals surface area contributed by atoms with Crippen LogP contribution >= 0.6 is 0 Å². The second kappa shape index (κ2) is 6.64. The zero-order valence-electron chi connectivity index (χ0n) is 17.4. The lowest BCUT2D eigenvalue weighted by Crippen LogP contribution is -2.23. The highest BCUT2D eigenvalue weighted by Crippen LogP contribution is 2.49. The van der Waals surface area contributed by atoms with Gasteiger partial charge in [0.25, 0.3) is 0 Å². The van der Waals surface area contributed by atoms with E-state index in [0.717, 1.165) is 42.3 Å². The predicted octanol–water partition coefficient (Wildman–Crippen LogP) is 7.33. The fourth-order valence-corrected chi connectivity index (χ4v) is 3.48. The van der Waals surface area contributed by atoms with Crippen LogP contribution in [0.4, 0.5) is 11.4 Å². The zero-order valence-corrected chi connectivity index (χ0v) is 17.4. The van der Waals surface area contributed by atoms with Crippen LogP contribution in [0.1, 0.15) is 72.4 Å². The number of ether oxygens (including phenoxy) is 1. The summed E-state index contributed by atoms with van der Waals surface area (Å²) < 4.78 is 6.43. The number of fused-ring (bicyclic) bond motifs is 2. The first-order chi connectivity index (χ1) is 12.2. The lowest BCUT2D eigenvalue weighted by Gasteiger charge is -2.35. The first-order valence-corrected chi connectivity index (χ1v) is 9.98. The summed E-state index contributed by atoms with van der Waals surface area (Å²) in [5, 5.41) is 0. The third-order valence-corrected chi connectivity index (χ3v) is 6.37. The average molecular weight is 352 g/mol. The molecule has 26 heavy (non-hydrogen) atoms. The zero-order chi connectivity index (χ0) is 19.1. The van der Waals surface area contributed by atoms with Crippen molar-refractivity contribution in [1.29, 1.82) is 0 Å². The van der Waals surface area contributed by atoms with Crippen molar-refractivity contribution in [2.24, 2.45) is 0 Å². The van der Waals surface area contributed by atoms with E-state index in [1.54, 1.807) is 0 Å². The van der Waals surface area contributed by atoms with Crippen LogP contribution in [-0.2, 0) is 10.8 Å². The van der Waals surface area contributed by atoms with Gasteiger partial charge >= 0.3 is 0 Å². The van der Waals surface area contributed by atoms with Crippen LogP contribution in [-0.4, -0.2) is 6.54 Å². The molecule has 140 valence electrons. The molecule has 0 saturated heterocycles. The van der Waals surface area contributed by atoms with Gasteiger partial charge in [0, 0.05) is 6.54 Å². The summed E-state index contributed by atoms with van der Waals surface area (Å²) in [6.45, 7) is 16.8. The van der Waals surface area contributed by atoms with Gasteiger partial charge in [-0.15, -0.1) is 0 Å². The lowest BCUT2D eigenvalue weighted by atomic mass is 9.81. The molecule has 0 fully saturated rings. The van der Waals surface area contributed by atoms with Gasteiger partial charge in [0.15, 0.2) is 11.5 Å². The van der Waals surface area contributed by atoms with Crippen LogP contribution in [0, 0.1) is 0 Å². The Morgan fingerprint density at radius 1 is 0.731 bits per heavy atom. The van der Waals surface area contributed by atoms with E-state index in [4.69, 9.17) is 4.74 Å². The van der Waals surface area contributed by atoms with E-state index in [-0.39, 0.29) is 10.8 Å². The van der Waals surface area contributed by atoms with Crippen molar-refractivity contribution in [2.45, 2.75) is 72.1 Å². The molecule has 2 aromatic carbocycles. The van der Waals surface area contributed by atoms with Gasteiger partial charge in [-0.05, 0) is 66.0 Å². The highest BCUT2D eigenvalue weighted by molar-refractivity contribution is 5.78. The fourth-order valence-electron chi connectivity index (χ4n) is 3.48. The summed E-state index contributed by atoms with van der Waals surface area (Å²) >= 11 is 0. The minimum Gasteiger partial charge on any atom is -0.453 e. The smallest absolute Gasteiger partial charge is 0.151 e. The van der Waals surface area contributed by atoms with E-state index in [1.807, 2.05) is 0 Å². The van der Waals surface area contributed by atoms with Gasteiger partial charge < -0.3 is 9.64 Å². The van der Waals surface area contributed by atoms with Crippen molar-refractivity contribution in [2.75, 3.05) is 11.4 Å². The molecule has 0 bridgehead atoms. The molecule has 0 aliphatic carbocycles. The minimum atomic E-state index is 0.155. The number of benzene rings is 2. The number of rotatable bonds is 5. The number of anilines is 2. The maximum Gasteiger partial charge on any atom is 0.151 e. The lowest BCUT2D eigenvalue weighted by molar-refractivity contribution is 0.457. The molecule has 1 heterocycles. The van der Waals surface area contributed by atoms with Crippen molar-refractivity contribution < 1.29 is 4.74 Å². The van der Waals surface area contributed by atoms with Crippen LogP contribution in [0.15, 0.2) is 36.4 Å². The van der Waals surface area contributed by atoms with Gasteiger partial charge in [-0.3, -0.25) is 0 Å². The highest BCUT2D eigenvalue weighted by Gasteiger charge is 2.28. The van der Waals surface area contributed by atoms with Crippen LogP contribution in [0.25, 0.3) is 0 Å². The maximum atomic E-state index is 6.43. The first kappa shape index (κ1) is 18.8. The average Bonchev–Trinajstić information content (AvgIpc) is 2.64. The van der Waals surface area contributed by atoms with Crippen molar-refractivity contribution in [3.8, 4) is 11.5 Å². The maximum absolute atomic E-state index is 6.43. The Hall–Kier alpha value is -1.96. The molecule has 0 radical (unpaired) electrons. The molecule has 2 heteroatoms. The number of hydrogen-bond donors (Lipinski definition) is 0. The number of hydrogen-bond acceptors (Lipinski definition) is 2. The SMILES string of the molecule is CCN1c2ccc(C(C)(C)CC)cc2Oc2cc(C(C)(C)CC)ccc21. The Morgan fingerprint density at radius 2 is 1.15 bits per heavy atom. The normalized spacial score (nSPS) is 13.9. The molecule has 2 aromatic rings. The Bertz CT molecular complexity index is 738. The van der Waals surface area contributed by atoms with E-state index in [1.165, 1.54) is 11.1 Å². The van der Waals surface area contributed by atoms with Crippen LogP contribution < -0.4 is 9.64 Å². The van der Waals surface area contributed by atoms with Gasteiger partial charge in [0.05, 0.1) is 11.4 Å². The summed E-state index contributed by atoms with van der Waals surface area (Å²) in [5.74, 6) is 1.95. The standard InChI is InChI=1S/C24H33NO/c1-8-23(4,5)17-11-13-19-21(15-17)26-22-16-18(24(6,7)9-2)12-14-20(22)25(19)10-3/h11-16H,8-10H2,1-7H3. The highest BCUT2D eigenvalue weighted by atomic mass is 16.5. The first-order valence-electron chi connectivity index (χ1n) is 9.98. The molecule has 1 aliphatic heterocycles. The third kappa shape index (κ3) is 3.11. The quantitative estimate of drug-likeness (QED) is 0.559. The summed E-state index contributed by atoms with van der Waals surface area (Å²) in [6, 6.07) is 13.4. The van der Waals surface area contributed by atoms with Gasteiger partial charge in [-0.2, -0.15) is 0 Å². The minimum absolute atomic E-state index is 0.155. The molecule has 0 unspecified atom stereocenters. The van der Waals surface area contributed by atoms with Crippen molar-refractivity contribution in [1.82, 2.24) is 0 Å². The van der Waals surface area contributed by atoms with Gasteiger partial charge in [0.2, 0.25) is 0 Å². The van der Waals surface area contributed by atoms with E-state index in [2.05, 4.69) is 89.8 Å². The molecule has 2 nitrogen and oxygen atoms in total.